The Morgan fingerprint density at radius 1 is 1.31 bits per heavy atom. The van der Waals surface area contributed by atoms with Crippen molar-refractivity contribution in [3.05, 3.63) is 47.7 Å². The van der Waals surface area contributed by atoms with Crippen LogP contribution < -0.4 is 9.64 Å². The molecule has 5 heteroatoms. The zero-order chi connectivity index (χ0) is 18.7. The minimum absolute atomic E-state index is 0.191. The van der Waals surface area contributed by atoms with Crippen LogP contribution in [-0.2, 0) is 0 Å². The van der Waals surface area contributed by atoms with E-state index in [0.29, 0.717) is 5.92 Å². The number of carbonyl (C=O) groups is 1. The molecule has 0 bridgehead atoms. The Hall–Kier alpha value is -2.56. The summed E-state index contributed by atoms with van der Waals surface area (Å²) in [6, 6.07) is 9.58. The van der Waals surface area contributed by atoms with Gasteiger partial charge in [0.15, 0.2) is 0 Å². The van der Waals surface area contributed by atoms with Gasteiger partial charge in [-0.3, -0.25) is 0 Å². The maximum Gasteiger partial charge on any atom is 0.337 e. The second-order valence-electron chi connectivity index (χ2n) is 7.09. The maximum atomic E-state index is 11.0. The molecule has 26 heavy (non-hydrogen) atoms. The van der Waals surface area contributed by atoms with E-state index in [2.05, 4.69) is 36.7 Å². The lowest BCUT2D eigenvalue weighted by Gasteiger charge is -2.24. The van der Waals surface area contributed by atoms with Gasteiger partial charge in [-0.2, -0.15) is 0 Å². The van der Waals surface area contributed by atoms with Crippen molar-refractivity contribution in [3.8, 4) is 5.75 Å². The Labute approximate surface area is 154 Å². The summed E-state index contributed by atoms with van der Waals surface area (Å²) < 4.78 is 6.04. The van der Waals surface area contributed by atoms with Gasteiger partial charge in [0.1, 0.15) is 11.6 Å². The predicted octanol–water partition coefficient (Wildman–Crippen LogP) is 4.85. The molecule has 2 aromatic rings. The first-order valence-electron chi connectivity index (χ1n) is 9.23. The van der Waals surface area contributed by atoms with Gasteiger partial charge in [-0.1, -0.05) is 13.8 Å². The van der Waals surface area contributed by atoms with Gasteiger partial charge >= 0.3 is 5.97 Å². The molecule has 1 aliphatic rings. The van der Waals surface area contributed by atoms with Gasteiger partial charge in [-0.05, 0) is 67.5 Å². The summed E-state index contributed by atoms with van der Waals surface area (Å²) in [4.78, 5) is 17.4. The van der Waals surface area contributed by atoms with Crippen molar-refractivity contribution in [2.24, 2.45) is 5.92 Å². The fraction of sp³-hybridized carbons (Fsp3) is 0.429. The molecule has 1 aromatic heterocycles. The number of aromatic carboxylic acids is 1. The minimum atomic E-state index is -0.966. The Bertz CT molecular complexity index is 767. The monoisotopic (exact) mass is 354 g/mol. The predicted molar refractivity (Wildman–Crippen MR) is 103 cm³/mol. The molecule has 0 aliphatic heterocycles. The molecule has 1 N–H and O–H groups in total. The summed E-state index contributed by atoms with van der Waals surface area (Å²) in [5, 5.41) is 9.04. The van der Waals surface area contributed by atoms with E-state index >= 15 is 0 Å². The quantitative estimate of drug-likeness (QED) is 0.734. The van der Waals surface area contributed by atoms with Gasteiger partial charge in [0, 0.05) is 18.4 Å². The highest BCUT2D eigenvalue weighted by molar-refractivity contribution is 5.87. The molecule has 0 saturated heterocycles. The first-order valence-corrected chi connectivity index (χ1v) is 9.23. The summed E-state index contributed by atoms with van der Waals surface area (Å²) in [5.41, 5.74) is 2.41. The topological polar surface area (TPSA) is 62.7 Å². The lowest BCUT2D eigenvalue weighted by atomic mass is 10.0. The first-order chi connectivity index (χ1) is 12.5. The number of hydrogen-bond acceptors (Lipinski definition) is 4. The molecule has 0 spiro atoms. The SMILES string of the molecule is CCN(c1ccc(OCC2CC2)c(C(C)C)c1)c1ccc(C(=O)O)cn1. The van der Waals surface area contributed by atoms with Crippen LogP contribution in [0.15, 0.2) is 36.5 Å². The summed E-state index contributed by atoms with van der Waals surface area (Å²) in [7, 11) is 0. The van der Waals surface area contributed by atoms with Gasteiger partial charge < -0.3 is 14.7 Å². The zero-order valence-corrected chi connectivity index (χ0v) is 15.6. The molecular formula is C21H26N2O3. The fourth-order valence-electron chi connectivity index (χ4n) is 2.93. The van der Waals surface area contributed by atoms with Crippen LogP contribution in [-0.4, -0.2) is 29.2 Å². The normalized spacial score (nSPS) is 13.7. The molecule has 0 unspecified atom stereocenters. The Morgan fingerprint density at radius 3 is 2.62 bits per heavy atom. The number of carboxylic acid groups (broad SMARTS) is 1. The highest BCUT2D eigenvalue weighted by Crippen LogP contribution is 2.35. The lowest BCUT2D eigenvalue weighted by Crippen LogP contribution is -2.18. The van der Waals surface area contributed by atoms with Crippen LogP contribution >= 0.6 is 0 Å². The molecule has 3 rings (SSSR count). The number of carboxylic acids is 1. The van der Waals surface area contributed by atoms with Crippen LogP contribution in [0.25, 0.3) is 0 Å². The van der Waals surface area contributed by atoms with Crippen molar-refractivity contribution in [2.75, 3.05) is 18.1 Å². The average Bonchev–Trinajstić information content (AvgIpc) is 3.46. The van der Waals surface area contributed by atoms with E-state index in [1.165, 1.54) is 24.6 Å². The van der Waals surface area contributed by atoms with Crippen molar-refractivity contribution < 1.29 is 14.6 Å². The molecule has 1 aromatic carbocycles. The van der Waals surface area contributed by atoms with Gasteiger partial charge in [0.05, 0.1) is 12.2 Å². The molecule has 1 heterocycles. The highest BCUT2D eigenvalue weighted by Gasteiger charge is 2.23. The number of aromatic nitrogens is 1. The lowest BCUT2D eigenvalue weighted by molar-refractivity contribution is 0.0696. The van der Waals surface area contributed by atoms with Crippen molar-refractivity contribution in [2.45, 2.75) is 39.5 Å². The van der Waals surface area contributed by atoms with E-state index in [-0.39, 0.29) is 5.56 Å². The number of ether oxygens (including phenoxy) is 1. The molecule has 0 amide bonds. The largest absolute Gasteiger partial charge is 0.493 e. The molecule has 138 valence electrons. The Balaban J connectivity index is 1.87. The second kappa shape index (κ2) is 7.77. The molecule has 1 saturated carbocycles. The Morgan fingerprint density at radius 2 is 2.08 bits per heavy atom. The van der Waals surface area contributed by atoms with Crippen LogP contribution in [0.4, 0.5) is 11.5 Å². The van der Waals surface area contributed by atoms with Crippen molar-refractivity contribution in [3.63, 3.8) is 0 Å². The van der Waals surface area contributed by atoms with Crippen LogP contribution in [0.2, 0.25) is 0 Å². The minimum Gasteiger partial charge on any atom is -0.493 e. The second-order valence-corrected chi connectivity index (χ2v) is 7.09. The third-order valence-corrected chi connectivity index (χ3v) is 4.69. The molecule has 5 nitrogen and oxygen atoms in total. The van der Waals surface area contributed by atoms with Crippen molar-refractivity contribution in [1.82, 2.24) is 4.98 Å². The number of rotatable bonds is 8. The number of benzene rings is 1. The van der Waals surface area contributed by atoms with Crippen molar-refractivity contribution in [1.29, 1.82) is 0 Å². The summed E-state index contributed by atoms with van der Waals surface area (Å²) >= 11 is 0. The zero-order valence-electron chi connectivity index (χ0n) is 15.6. The van der Waals surface area contributed by atoms with Crippen LogP contribution in [0.3, 0.4) is 0 Å². The molecule has 1 aliphatic carbocycles. The molecule has 0 atom stereocenters. The summed E-state index contributed by atoms with van der Waals surface area (Å²) in [6.07, 6.45) is 3.95. The number of nitrogens with zero attached hydrogens (tertiary/aromatic N) is 2. The van der Waals surface area contributed by atoms with Gasteiger partial charge in [-0.15, -0.1) is 0 Å². The summed E-state index contributed by atoms with van der Waals surface area (Å²) in [6.45, 7) is 7.92. The number of pyridine rings is 1. The van der Waals surface area contributed by atoms with Crippen LogP contribution in [0, 0.1) is 5.92 Å². The first kappa shape index (κ1) is 18.2. The van der Waals surface area contributed by atoms with E-state index in [1.807, 2.05) is 12.1 Å². The maximum absolute atomic E-state index is 11.0. The fourth-order valence-corrected chi connectivity index (χ4v) is 2.93. The molecule has 1 fully saturated rings. The van der Waals surface area contributed by atoms with Gasteiger partial charge in [0.2, 0.25) is 0 Å². The van der Waals surface area contributed by atoms with Crippen LogP contribution in [0.1, 0.15) is 55.5 Å². The van der Waals surface area contributed by atoms with E-state index in [1.54, 1.807) is 12.1 Å². The molecule has 0 radical (unpaired) electrons. The highest BCUT2D eigenvalue weighted by atomic mass is 16.5. The van der Waals surface area contributed by atoms with E-state index in [0.717, 1.165) is 36.3 Å². The standard InChI is InChI=1S/C21H26N2O3/c1-4-23(20-10-7-16(12-22-20)21(24)25)17-8-9-19(18(11-17)14(2)3)26-13-15-5-6-15/h7-12,14-15H,4-6,13H2,1-3H3,(H,24,25). The van der Waals surface area contributed by atoms with E-state index in [9.17, 15) is 4.79 Å². The van der Waals surface area contributed by atoms with Crippen LogP contribution in [0.5, 0.6) is 5.75 Å². The third kappa shape index (κ3) is 4.15. The number of hydrogen-bond donors (Lipinski definition) is 1. The van der Waals surface area contributed by atoms with Crippen molar-refractivity contribution >= 4 is 17.5 Å². The number of anilines is 2. The molecular weight excluding hydrogens is 328 g/mol. The Kier molecular flexibility index (Phi) is 5.45. The summed E-state index contributed by atoms with van der Waals surface area (Å²) in [5.74, 6) is 1.80. The van der Waals surface area contributed by atoms with Gasteiger partial charge in [0.25, 0.3) is 0 Å². The third-order valence-electron chi connectivity index (χ3n) is 4.69. The van der Waals surface area contributed by atoms with E-state index < -0.39 is 5.97 Å². The van der Waals surface area contributed by atoms with Gasteiger partial charge in [-0.25, -0.2) is 9.78 Å². The average molecular weight is 354 g/mol. The van der Waals surface area contributed by atoms with E-state index in [4.69, 9.17) is 9.84 Å². The smallest absolute Gasteiger partial charge is 0.337 e.